The molecule has 0 aromatic heterocycles. The molecule has 4 bridgehead atoms. The summed E-state index contributed by atoms with van der Waals surface area (Å²) in [5.74, 6) is 1.37. The zero-order valence-corrected chi connectivity index (χ0v) is 10.2. The first-order valence-corrected chi connectivity index (χ1v) is 6.84. The van der Waals surface area contributed by atoms with Gasteiger partial charge in [0.1, 0.15) is 0 Å². The van der Waals surface area contributed by atoms with Crippen LogP contribution in [0.2, 0.25) is 0 Å². The van der Waals surface area contributed by atoms with Crippen LogP contribution >= 0.6 is 0 Å². The number of allylic oxidation sites excluding steroid dienone is 2. The van der Waals surface area contributed by atoms with Crippen LogP contribution in [0, 0.1) is 0 Å². The molecule has 0 radical (unpaired) electrons. The Hall–Kier alpha value is -1.82. The van der Waals surface area contributed by atoms with Crippen LogP contribution < -0.4 is 0 Å². The molecule has 0 spiro atoms. The number of benzene rings is 2. The standard InChI is InChI=1S/C18H14/c1-2-5-12-11(4-1)10-17-13-6-3-7-15-14(13)8-9-16(12)18(15)17/h1-6,8-9,13,17H,7,10H2. The molecule has 2 aromatic rings. The molecule has 0 fully saturated rings. The van der Waals surface area contributed by atoms with Crippen LogP contribution in [0.1, 0.15) is 34.1 Å². The lowest BCUT2D eigenvalue weighted by molar-refractivity contribution is 0.640. The van der Waals surface area contributed by atoms with Crippen molar-refractivity contribution < 1.29 is 0 Å². The Morgan fingerprint density at radius 1 is 0.944 bits per heavy atom. The van der Waals surface area contributed by atoms with E-state index in [1.54, 1.807) is 16.7 Å². The van der Waals surface area contributed by atoms with Gasteiger partial charge in [0, 0.05) is 5.92 Å². The zero-order valence-electron chi connectivity index (χ0n) is 10.2. The quantitative estimate of drug-likeness (QED) is 0.595. The number of fused-ring (bicyclic) bond motifs is 3. The molecule has 2 atom stereocenters. The molecule has 0 nitrogen and oxygen atoms in total. The SMILES string of the molecule is C1=CC2c3ccc4c(c3C1)C2Cc1ccccc1-4. The van der Waals surface area contributed by atoms with E-state index in [9.17, 15) is 0 Å². The van der Waals surface area contributed by atoms with Crippen LogP contribution in [0.4, 0.5) is 0 Å². The fourth-order valence-corrected chi connectivity index (χ4v) is 4.27. The van der Waals surface area contributed by atoms with Gasteiger partial charge in [-0.1, -0.05) is 48.6 Å². The predicted octanol–water partition coefficient (Wildman–Crippen LogP) is 4.20. The summed E-state index contributed by atoms with van der Waals surface area (Å²) in [6.45, 7) is 0. The molecule has 5 rings (SSSR count). The third kappa shape index (κ3) is 0.905. The highest BCUT2D eigenvalue weighted by Gasteiger charge is 2.40. The van der Waals surface area contributed by atoms with E-state index >= 15 is 0 Å². The highest BCUT2D eigenvalue weighted by Crippen LogP contribution is 2.55. The van der Waals surface area contributed by atoms with E-state index in [0.717, 1.165) is 6.42 Å². The second-order valence-corrected chi connectivity index (χ2v) is 5.72. The van der Waals surface area contributed by atoms with Gasteiger partial charge < -0.3 is 0 Å². The maximum atomic E-state index is 2.44. The Kier molecular flexibility index (Phi) is 1.50. The van der Waals surface area contributed by atoms with Crippen LogP contribution in [0.5, 0.6) is 0 Å². The van der Waals surface area contributed by atoms with Crippen molar-refractivity contribution in [3.8, 4) is 11.1 Å². The largest absolute Gasteiger partial charge is 0.0835 e. The van der Waals surface area contributed by atoms with Crippen molar-refractivity contribution >= 4 is 0 Å². The van der Waals surface area contributed by atoms with Crippen LogP contribution in [-0.4, -0.2) is 0 Å². The lowest BCUT2D eigenvalue weighted by Gasteiger charge is -2.26. The number of rotatable bonds is 0. The summed E-state index contributed by atoms with van der Waals surface area (Å²) in [6.07, 6.45) is 7.18. The lowest BCUT2D eigenvalue weighted by atomic mass is 9.77. The van der Waals surface area contributed by atoms with Crippen LogP contribution in [0.3, 0.4) is 0 Å². The molecule has 2 unspecified atom stereocenters. The molecule has 0 saturated carbocycles. The van der Waals surface area contributed by atoms with Gasteiger partial charge in [-0.05, 0) is 52.1 Å². The average molecular weight is 230 g/mol. The third-order valence-corrected chi connectivity index (χ3v) is 4.97. The van der Waals surface area contributed by atoms with Gasteiger partial charge in [0.25, 0.3) is 0 Å². The van der Waals surface area contributed by atoms with Gasteiger partial charge in [-0.3, -0.25) is 0 Å². The molecule has 18 heavy (non-hydrogen) atoms. The molecule has 0 heteroatoms. The molecule has 0 saturated heterocycles. The lowest BCUT2D eigenvalue weighted by Crippen LogP contribution is -2.11. The highest BCUT2D eigenvalue weighted by molar-refractivity contribution is 5.79. The summed E-state index contributed by atoms with van der Waals surface area (Å²) >= 11 is 0. The van der Waals surface area contributed by atoms with E-state index in [0.29, 0.717) is 11.8 Å². The van der Waals surface area contributed by atoms with Gasteiger partial charge in [-0.2, -0.15) is 0 Å². The van der Waals surface area contributed by atoms with Gasteiger partial charge >= 0.3 is 0 Å². The molecule has 0 N–H and O–H groups in total. The summed E-state index contributed by atoms with van der Waals surface area (Å²) in [5.41, 5.74) is 9.43. The maximum Gasteiger partial charge on any atom is 0.00933 e. The molecule has 3 aliphatic carbocycles. The van der Waals surface area contributed by atoms with Gasteiger partial charge in [0.05, 0.1) is 0 Å². The third-order valence-electron chi connectivity index (χ3n) is 4.97. The van der Waals surface area contributed by atoms with Crippen molar-refractivity contribution in [2.45, 2.75) is 24.7 Å². The summed E-state index contributed by atoms with van der Waals surface area (Å²) in [4.78, 5) is 0. The van der Waals surface area contributed by atoms with E-state index in [1.165, 1.54) is 23.1 Å². The fourth-order valence-electron chi connectivity index (χ4n) is 4.27. The Labute approximate surface area is 107 Å². The molecular weight excluding hydrogens is 216 g/mol. The van der Waals surface area contributed by atoms with E-state index in [1.807, 2.05) is 0 Å². The smallest absolute Gasteiger partial charge is 0.00933 e. The monoisotopic (exact) mass is 230 g/mol. The minimum Gasteiger partial charge on any atom is -0.0835 e. The van der Waals surface area contributed by atoms with E-state index in [2.05, 4.69) is 48.6 Å². The van der Waals surface area contributed by atoms with Crippen LogP contribution in [-0.2, 0) is 12.8 Å². The maximum absolute atomic E-state index is 2.44. The predicted molar refractivity (Wildman–Crippen MR) is 73.9 cm³/mol. The van der Waals surface area contributed by atoms with Gasteiger partial charge in [-0.15, -0.1) is 0 Å². The summed E-state index contributed by atoms with van der Waals surface area (Å²) < 4.78 is 0. The molecule has 86 valence electrons. The first kappa shape index (κ1) is 9.16. The molecule has 3 aliphatic rings. The number of hydrogen-bond donors (Lipinski definition) is 0. The van der Waals surface area contributed by atoms with E-state index < -0.39 is 0 Å². The van der Waals surface area contributed by atoms with E-state index in [-0.39, 0.29) is 0 Å². The minimum absolute atomic E-state index is 0.658. The van der Waals surface area contributed by atoms with Crippen molar-refractivity contribution in [1.29, 1.82) is 0 Å². The van der Waals surface area contributed by atoms with E-state index in [4.69, 9.17) is 0 Å². The van der Waals surface area contributed by atoms with Gasteiger partial charge in [0.15, 0.2) is 0 Å². The normalized spacial score (nSPS) is 25.1. The first-order valence-electron chi connectivity index (χ1n) is 6.84. The Morgan fingerprint density at radius 2 is 1.89 bits per heavy atom. The second-order valence-electron chi connectivity index (χ2n) is 5.72. The molecule has 0 heterocycles. The molecule has 0 aliphatic heterocycles. The minimum atomic E-state index is 0.658. The Balaban J connectivity index is 1.90. The Morgan fingerprint density at radius 3 is 2.89 bits per heavy atom. The van der Waals surface area contributed by atoms with Crippen molar-refractivity contribution in [2.24, 2.45) is 0 Å². The second kappa shape index (κ2) is 2.95. The summed E-state index contributed by atoms with van der Waals surface area (Å²) in [7, 11) is 0. The van der Waals surface area contributed by atoms with Gasteiger partial charge in [-0.25, -0.2) is 0 Å². The van der Waals surface area contributed by atoms with Crippen molar-refractivity contribution in [2.75, 3.05) is 0 Å². The van der Waals surface area contributed by atoms with Gasteiger partial charge in [0.2, 0.25) is 0 Å². The van der Waals surface area contributed by atoms with Crippen molar-refractivity contribution in [3.63, 3.8) is 0 Å². The topological polar surface area (TPSA) is 0 Å². The van der Waals surface area contributed by atoms with Crippen LogP contribution in [0.15, 0.2) is 48.6 Å². The molecule has 0 amide bonds. The van der Waals surface area contributed by atoms with Crippen LogP contribution in [0.25, 0.3) is 11.1 Å². The molecular formula is C18H14. The fraction of sp³-hybridized carbons (Fsp3) is 0.222. The Bertz CT molecular complexity index is 706. The highest BCUT2D eigenvalue weighted by atomic mass is 14.4. The number of hydrogen-bond acceptors (Lipinski definition) is 0. The average Bonchev–Trinajstić information content (AvgIpc) is 2.56. The van der Waals surface area contributed by atoms with Crippen molar-refractivity contribution in [3.05, 3.63) is 70.8 Å². The first-order chi connectivity index (χ1) is 8.93. The summed E-state index contributed by atoms with van der Waals surface area (Å²) in [6, 6.07) is 13.7. The zero-order chi connectivity index (χ0) is 11.7. The van der Waals surface area contributed by atoms with Crippen molar-refractivity contribution in [1.82, 2.24) is 0 Å². The summed E-state index contributed by atoms with van der Waals surface area (Å²) in [5, 5.41) is 0. The molecule has 2 aromatic carbocycles.